The minimum absolute atomic E-state index is 0.143. The van der Waals surface area contributed by atoms with Crippen molar-refractivity contribution in [2.75, 3.05) is 6.26 Å². The van der Waals surface area contributed by atoms with Crippen LogP contribution in [0.2, 0.25) is 0 Å². The smallest absolute Gasteiger partial charge is 0.273 e. The van der Waals surface area contributed by atoms with Gasteiger partial charge in [-0.25, -0.2) is 16.8 Å². The second kappa shape index (κ2) is 14.4. The Hall–Kier alpha value is -1.95. The van der Waals surface area contributed by atoms with Crippen LogP contribution in [-0.4, -0.2) is 36.1 Å². The van der Waals surface area contributed by atoms with Gasteiger partial charge in [-0.15, -0.1) is 0 Å². The first-order valence-corrected chi connectivity index (χ1v) is 15.8. The predicted molar refractivity (Wildman–Crippen MR) is 137 cm³/mol. The van der Waals surface area contributed by atoms with Gasteiger partial charge in [-0.05, 0) is 45.0 Å². The lowest BCUT2D eigenvalue weighted by Gasteiger charge is -1.96. The number of hydrogen-bond donors (Lipinski definition) is 1. The zero-order chi connectivity index (χ0) is 26.6. The van der Waals surface area contributed by atoms with Gasteiger partial charge in [-0.3, -0.25) is 4.55 Å². The first-order chi connectivity index (χ1) is 15.4. The molecule has 12 heteroatoms. The van der Waals surface area contributed by atoms with E-state index >= 15 is 0 Å². The lowest BCUT2D eigenvalue weighted by Crippen LogP contribution is -1.95. The van der Waals surface area contributed by atoms with Gasteiger partial charge in [0.15, 0.2) is 9.84 Å². The van der Waals surface area contributed by atoms with E-state index in [2.05, 4.69) is 29.7 Å². The molecule has 188 valence electrons. The highest BCUT2D eigenvalue weighted by Crippen LogP contribution is 2.14. The maximum absolute atomic E-state index is 10.9. The minimum atomic E-state index is -4.19. The van der Waals surface area contributed by atoms with Crippen LogP contribution in [0.1, 0.15) is 16.7 Å². The molecule has 3 rings (SSSR count). The topological polar surface area (TPSA) is 123 Å². The molecule has 3 aromatic rings. The van der Waals surface area contributed by atoms with Gasteiger partial charge in [-0.1, -0.05) is 71.3 Å². The van der Waals surface area contributed by atoms with Gasteiger partial charge in [0.05, 0.1) is 9.79 Å². The van der Waals surface area contributed by atoms with E-state index in [9.17, 15) is 16.8 Å². The van der Waals surface area contributed by atoms with Gasteiger partial charge in [0.2, 0.25) is 0 Å². The van der Waals surface area contributed by atoms with Gasteiger partial charge in [0, 0.05) is 27.6 Å². The summed E-state index contributed by atoms with van der Waals surface area (Å²) >= 11 is 0. The molecule has 34 heavy (non-hydrogen) atoms. The molecule has 0 amide bonds. The molecular weight excluding hydrogens is 543 g/mol. The molecule has 0 aliphatic heterocycles. The summed E-state index contributed by atoms with van der Waals surface area (Å²) in [6, 6.07) is 23.4. The summed E-state index contributed by atoms with van der Waals surface area (Å²) in [6.07, 6.45) is 1.21. The number of aryl methyl sites for hydroxylation is 3. The molecule has 7 nitrogen and oxygen atoms in total. The second-order valence-corrected chi connectivity index (χ2v) is 13.5. The van der Waals surface area contributed by atoms with Crippen molar-refractivity contribution in [1.82, 2.24) is 0 Å². The highest BCUT2D eigenvalue weighted by Gasteiger charge is 2.07. The van der Waals surface area contributed by atoms with Gasteiger partial charge in [0.1, 0.15) is 0 Å². The SMILES string of the molecule is Cc1ccc(S(=O)(=O)Cl)cc1.Cc1ccc(S(C)(=O)=O)cc1.Cc1ccccc1.O=S(=O)(O)Cl. The van der Waals surface area contributed by atoms with Crippen LogP contribution < -0.4 is 0 Å². The van der Waals surface area contributed by atoms with Crippen LogP contribution in [0, 0.1) is 20.8 Å². The van der Waals surface area contributed by atoms with E-state index in [1.54, 1.807) is 36.4 Å². The van der Waals surface area contributed by atoms with Gasteiger partial charge in [-0.2, -0.15) is 8.42 Å². The minimum Gasteiger partial charge on any atom is -0.273 e. The normalized spacial score (nSPS) is 10.9. The van der Waals surface area contributed by atoms with Crippen molar-refractivity contribution < 1.29 is 29.8 Å². The zero-order valence-electron chi connectivity index (χ0n) is 18.9. The highest BCUT2D eigenvalue weighted by molar-refractivity contribution is 8.13. The number of benzene rings is 3. The molecule has 0 bridgehead atoms. The van der Waals surface area contributed by atoms with Crippen molar-refractivity contribution >= 4 is 49.6 Å². The van der Waals surface area contributed by atoms with Crippen molar-refractivity contribution in [3.05, 3.63) is 95.6 Å². The molecule has 1 N–H and O–H groups in total. The van der Waals surface area contributed by atoms with E-state index in [1.807, 2.05) is 32.0 Å². The van der Waals surface area contributed by atoms with Crippen LogP contribution in [-0.2, 0) is 28.2 Å². The molecule has 0 saturated heterocycles. The number of rotatable bonds is 2. The van der Waals surface area contributed by atoms with Gasteiger partial charge in [0.25, 0.3) is 9.05 Å². The summed E-state index contributed by atoms with van der Waals surface area (Å²) in [5, 5.41) is 0. The van der Waals surface area contributed by atoms with Crippen molar-refractivity contribution in [3.8, 4) is 0 Å². The molecule has 0 atom stereocenters. The summed E-state index contributed by atoms with van der Waals surface area (Å²) in [6.45, 7) is 5.89. The summed E-state index contributed by atoms with van der Waals surface area (Å²) in [4.78, 5) is 0.521. The molecular formula is C22H26Cl2O7S3. The van der Waals surface area contributed by atoms with E-state index in [-0.39, 0.29) is 4.90 Å². The lowest BCUT2D eigenvalue weighted by molar-refractivity contribution is 0.501. The molecule has 0 fully saturated rings. The van der Waals surface area contributed by atoms with Crippen LogP contribution in [0.4, 0.5) is 0 Å². The largest absolute Gasteiger partial charge is 0.353 e. The summed E-state index contributed by atoms with van der Waals surface area (Å²) in [5.41, 5.74) is 3.40. The average molecular weight is 570 g/mol. The van der Waals surface area contributed by atoms with E-state index < -0.39 is 28.2 Å². The Morgan fingerprint density at radius 3 is 1.09 bits per heavy atom. The van der Waals surface area contributed by atoms with Crippen molar-refractivity contribution in [3.63, 3.8) is 0 Å². The fraction of sp³-hybridized carbons (Fsp3) is 0.182. The lowest BCUT2D eigenvalue weighted by atomic mass is 10.2. The highest BCUT2D eigenvalue weighted by atomic mass is 35.7. The van der Waals surface area contributed by atoms with Crippen molar-refractivity contribution in [1.29, 1.82) is 0 Å². The zero-order valence-corrected chi connectivity index (χ0v) is 22.8. The Morgan fingerprint density at radius 2 is 0.853 bits per heavy atom. The van der Waals surface area contributed by atoms with Crippen LogP contribution in [0.5, 0.6) is 0 Å². The fourth-order valence-corrected chi connectivity index (χ4v) is 3.42. The van der Waals surface area contributed by atoms with E-state index in [1.165, 1.54) is 24.0 Å². The third-order valence-corrected chi connectivity index (χ3v) is 6.19. The summed E-state index contributed by atoms with van der Waals surface area (Å²) < 4.78 is 68.5. The van der Waals surface area contributed by atoms with Crippen molar-refractivity contribution in [2.45, 2.75) is 30.6 Å². The van der Waals surface area contributed by atoms with Crippen LogP contribution >= 0.6 is 21.4 Å². The average Bonchev–Trinajstić information content (AvgIpc) is 2.67. The Balaban J connectivity index is 0.000000447. The van der Waals surface area contributed by atoms with Crippen LogP contribution in [0.25, 0.3) is 0 Å². The maximum Gasteiger partial charge on any atom is 0.353 e. The van der Waals surface area contributed by atoms with E-state index in [0.29, 0.717) is 4.90 Å². The molecule has 0 aliphatic rings. The predicted octanol–water partition coefficient (Wildman–Crippen LogP) is 5.34. The first kappa shape index (κ1) is 32.0. The molecule has 0 aliphatic carbocycles. The van der Waals surface area contributed by atoms with E-state index in [4.69, 9.17) is 23.7 Å². The fourth-order valence-electron chi connectivity index (χ4n) is 2.02. The Bertz CT molecular complexity index is 1240. The Labute approximate surface area is 211 Å². The standard InChI is InChI=1S/C8H10O2S.C7H7ClO2S.C7H8.ClHO3S/c1-7-3-5-8(6-4-7)11(2,9)10;1-6-2-4-7(5-3-6)11(8,9)10;1-7-5-3-2-4-6-7;1-5(2,3)4/h3-6H,1-2H3;2-5H,1H3;2-6H,1H3;(H,2,3,4). The van der Waals surface area contributed by atoms with Crippen LogP contribution in [0.15, 0.2) is 88.7 Å². The molecule has 3 aromatic carbocycles. The molecule has 0 spiro atoms. The molecule has 0 aromatic heterocycles. The second-order valence-electron chi connectivity index (χ2n) is 6.90. The number of halogens is 2. The summed E-state index contributed by atoms with van der Waals surface area (Å²) in [5.74, 6) is 0. The van der Waals surface area contributed by atoms with Gasteiger partial charge >= 0.3 is 9.33 Å². The molecule has 0 heterocycles. The van der Waals surface area contributed by atoms with Crippen molar-refractivity contribution in [2.24, 2.45) is 0 Å². The van der Waals surface area contributed by atoms with E-state index in [0.717, 1.165) is 11.1 Å². The van der Waals surface area contributed by atoms with Crippen LogP contribution in [0.3, 0.4) is 0 Å². The third kappa shape index (κ3) is 17.5. The Morgan fingerprint density at radius 1 is 0.559 bits per heavy atom. The molecule has 0 radical (unpaired) electrons. The Kier molecular flexibility index (Phi) is 13.6. The molecule has 0 saturated carbocycles. The summed E-state index contributed by atoms with van der Waals surface area (Å²) in [7, 11) is -1.62. The maximum atomic E-state index is 10.9. The van der Waals surface area contributed by atoms with Gasteiger partial charge < -0.3 is 0 Å². The number of hydrogen-bond acceptors (Lipinski definition) is 6. The first-order valence-electron chi connectivity index (χ1n) is 9.36. The monoisotopic (exact) mass is 568 g/mol. The quantitative estimate of drug-likeness (QED) is 0.326. The number of sulfone groups is 1. The molecule has 0 unspecified atom stereocenters. The third-order valence-electron chi connectivity index (χ3n) is 3.69.